The van der Waals surface area contributed by atoms with Gasteiger partial charge in [-0.25, -0.2) is 9.59 Å². The van der Waals surface area contributed by atoms with Crippen LogP contribution in [0.15, 0.2) is 36.5 Å². The predicted molar refractivity (Wildman–Crippen MR) is 153 cm³/mol. The van der Waals surface area contributed by atoms with E-state index in [2.05, 4.69) is 45.4 Å². The smallest absolute Gasteiger partial charge is 0.333 e. The first-order valence-corrected chi connectivity index (χ1v) is 12.7. The topological polar surface area (TPSA) is 113 Å². The molecule has 0 saturated carbocycles. The number of rotatable bonds is 12. The van der Waals surface area contributed by atoms with Gasteiger partial charge in [-0.1, -0.05) is 40.5 Å². The number of hydrogen-bond acceptors (Lipinski definition) is 8. The van der Waals surface area contributed by atoms with E-state index in [0.29, 0.717) is 29.6 Å². The zero-order valence-corrected chi connectivity index (χ0v) is 25.6. The van der Waals surface area contributed by atoms with Crippen molar-refractivity contribution in [2.24, 2.45) is 0 Å². The van der Waals surface area contributed by atoms with Gasteiger partial charge >= 0.3 is 11.9 Å². The minimum absolute atomic E-state index is 0.0590. The van der Waals surface area contributed by atoms with Crippen LogP contribution in [0.2, 0.25) is 0 Å². The van der Waals surface area contributed by atoms with Crippen LogP contribution in [0, 0.1) is 0 Å². The third-order valence-corrected chi connectivity index (χ3v) is 4.73. The Morgan fingerprint density at radius 3 is 1.38 bits per heavy atom. The van der Waals surface area contributed by atoms with Crippen LogP contribution in [0.4, 0.5) is 0 Å². The number of nitrogens with zero attached hydrogens (tertiary/aromatic N) is 1. The Balaban J connectivity index is -0.000000225. The summed E-state index contributed by atoms with van der Waals surface area (Å²) in [7, 11) is 0. The van der Waals surface area contributed by atoms with E-state index in [0.717, 1.165) is 0 Å². The molecular weight excluding hydrogens is 498 g/mol. The summed E-state index contributed by atoms with van der Waals surface area (Å²) in [4.78, 5) is 34.6. The molecule has 0 fully saturated rings. The van der Waals surface area contributed by atoms with Crippen molar-refractivity contribution in [1.82, 2.24) is 4.90 Å². The van der Waals surface area contributed by atoms with Gasteiger partial charge < -0.3 is 24.6 Å². The molecule has 0 bridgehead atoms. The average Bonchev–Trinajstić information content (AvgIpc) is 2.74. The van der Waals surface area contributed by atoms with Gasteiger partial charge in [-0.2, -0.15) is 0 Å². The summed E-state index contributed by atoms with van der Waals surface area (Å²) in [5.41, 5.74) is -0.310. The molecule has 8 nitrogen and oxygen atoms in total. The van der Waals surface area contributed by atoms with E-state index in [-0.39, 0.29) is 13.2 Å². The fourth-order valence-corrected chi connectivity index (χ4v) is 1.85. The standard InChI is InChI=1S/C13H20O4.C6H15N.C5H12O2.C4H5ClO/c1-9(2)11(14)16-8-7-13(5,6)17-12(15)10(3)4;1-4-7(5-2)6-3;1-5(2,7)3-4-6;1-3(2)4(5)6/h1,3,7-8H2,2,4-6H3;4-6H2,1-3H3;6-7H,3-4H2,1-2H3;1H2,2H3. The quantitative estimate of drug-likeness (QED) is 0.194. The second kappa shape index (κ2) is 23.1. The van der Waals surface area contributed by atoms with E-state index >= 15 is 0 Å². The van der Waals surface area contributed by atoms with E-state index < -0.39 is 28.4 Å². The molecule has 0 rings (SSSR count). The summed E-state index contributed by atoms with van der Waals surface area (Å²) >= 11 is 4.87. The second-order valence-electron chi connectivity index (χ2n) is 9.56. The molecule has 0 aromatic rings. The summed E-state index contributed by atoms with van der Waals surface area (Å²) in [6.07, 6.45) is 0.873. The van der Waals surface area contributed by atoms with E-state index in [1.807, 2.05) is 0 Å². The van der Waals surface area contributed by atoms with Gasteiger partial charge in [0.25, 0.3) is 0 Å². The number of aliphatic hydroxyl groups is 2. The zero-order chi connectivity index (χ0) is 30.4. The predicted octanol–water partition coefficient (Wildman–Crippen LogP) is 5.21. The molecule has 0 aromatic heterocycles. The summed E-state index contributed by atoms with van der Waals surface area (Å²) < 4.78 is 10.1. The Labute approximate surface area is 230 Å². The number of esters is 2. The first-order valence-electron chi connectivity index (χ1n) is 12.3. The van der Waals surface area contributed by atoms with Crippen LogP contribution in [0.5, 0.6) is 0 Å². The normalized spacial score (nSPS) is 10.3. The summed E-state index contributed by atoms with van der Waals surface area (Å²) in [5.74, 6) is -0.881. The summed E-state index contributed by atoms with van der Waals surface area (Å²) in [6.45, 7) is 32.2. The van der Waals surface area contributed by atoms with Gasteiger partial charge in [0.15, 0.2) is 0 Å². The van der Waals surface area contributed by atoms with E-state index in [1.165, 1.54) is 19.6 Å². The third-order valence-electron chi connectivity index (χ3n) is 4.40. The van der Waals surface area contributed by atoms with Crippen molar-refractivity contribution in [3.8, 4) is 0 Å². The minimum atomic E-state index is -0.700. The molecule has 218 valence electrons. The molecule has 0 atom stereocenters. The summed E-state index contributed by atoms with van der Waals surface area (Å²) in [5, 5.41) is 16.6. The molecule has 2 N–H and O–H groups in total. The van der Waals surface area contributed by atoms with Crippen LogP contribution in [-0.2, 0) is 23.9 Å². The maximum atomic E-state index is 11.3. The second-order valence-corrected chi connectivity index (χ2v) is 9.90. The van der Waals surface area contributed by atoms with E-state index in [9.17, 15) is 14.4 Å². The van der Waals surface area contributed by atoms with Gasteiger partial charge in [-0.3, -0.25) is 4.79 Å². The van der Waals surface area contributed by atoms with Crippen LogP contribution in [0.3, 0.4) is 0 Å². The van der Waals surface area contributed by atoms with Gasteiger partial charge in [-0.15, -0.1) is 0 Å². The monoisotopic (exact) mass is 549 g/mol. The first kappa shape index (κ1) is 42.1. The van der Waals surface area contributed by atoms with Gasteiger partial charge in [-0.05, 0) is 86.1 Å². The fraction of sp³-hybridized carbons (Fsp3) is 0.679. The highest BCUT2D eigenvalue weighted by molar-refractivity contribution is 6.67. The lowest BCUT2D eigenvalue weighted by molar-refractivity contribution is -0.154. The molecule has 0 saturated heterocycles. The summed E-state index contributed by atoms with van der Waals surface area (Å²) in [6, 6.07) is 0. The molecule has 0 aromatic carbocycles. The van der Waals surface area contributed by atoms with Crippen molar-refractivity contribution in [2.45, 2.75) is 93.3 Å². The Morgan fingerprint density at radius 2 is 1.19 bits per heavy atom. The minimum Gasteiger partial charge on any atom is -0.462 e. The molecule has 0 aliphatic rings. The Morgan fingerprint density at radius 1 is 0.811 bits per heavy atom. The molecule has 0 aliphatic heterocycles. The Kier molecular flexibility index (Phi) is 26.3. The maximum absolute atomic E-state index is 11.3. The average molecular weight is 550 g/mol. The molecule has 0 aliphatic carbocycles. The number of hydrogen-bond donors (Lipinski definition) is 2. The van der Waals surface area contributed by atoms with E-state index in [1.54, 1.807) is 48.5 Å². The molecule has 0 radical (unpaired) electrons. The van der Waals surface area contributed by atoms with Gasteiger partial charge in [0.1, 0.15) is 5.60 Å². The third kappa shape index (κ3) is 34.0. The Hall–Kier alpha value is -2.00. The zero-order valence-electron chi connectivity index (χ0n) is 24.8. The largest absolute Gasteiger partial charge is 0.462 e. The van der Waals surface area contributed by atoms with Gasteiger partial charge in [0, 0.05) is 29.7 Å². The highest BCUT2D eigenvalue weighted by Gasteiger charge is 2.23. The fourth-order valence-electron chi connectivity index (χ4n) is 1.85. The molecule has 0 amide bonds. The van der Waals surface area contributed by atoms with Crippen LogP contribution in [0.1, 0.15) is 82.1 Å². The number of carbonyl (C=O) groups excluding carboxylic acids is 3. The molecule has 0 heterocycles. The van der Waals surface area contributed by atoms with Crippen molar-refractivity contribution in [3.63, 3.8) is 0 Å². The van der Waals surface area contributed by atoms with Crippen molar-refractivity contribution < 1.29 is 34.1 Å². The van der Waals surface area contributed by atoms with Crippen LogP contribution < -0.4 is 0 Å². The molecule has 0 unspecified atom stereocenters. The van der Waals surface area contributed by atoms with Crippen LogP contribution in [-0.4, -0.2) is 76.3 Å². The first-order chi connectivity index (χ1) is 16.7. The maximum Gasteiger partial charge on any atom is 0.333 e. The van der Waals surface area contributed by atoms with Gasteiger partial charge in [0.2, 0.25) is 5.24 Å². The van der Waals surface area contributed by atoms with E-state index in [4.69, 9.17) is 31.3 Å². The number of carbonyl (C=O) groups is 3. The number of ether oxygens (including phenoxy) is 2. The molecule has 9 heteroatoms. The molecule has 37 heavy (non-hydrogen) atoms. The molecular formula is C28H52ClNO7. The number of halogens is 1. The van der Waals surface area contributed by atoms with Crippen molar-refractivity contribution >= 4 is 28.8 Å². The Bertz CT molecular complexity index is 688. The lowest BCUT2D eigenvalue weighted by Gasteiger charge is -2.24. The number of allylic oxidation sites excluding steroid dienone is 1. The highest BCUT2D eigenvalue weighted by Crippen LogP contribution is 2.16. The van der Waals surface area contributed by atoms with Crippen LogP contribution in [0.25, 0.3) is 0 Å². The van der Waals surface area contributed by atoms with Crippen molar-refractivity contribution in [2.75, 3.05) is 32.8 Å². The lowest BCUT2D eigenvalue weighted by atomic mass is 10.1. The lowest BCUT2D eigenvalue weighted by Crippen LogP contribution is -2.30. The van der Waals surface area contributed by atoms with Crippen molar-refractivity contribution in [1.29, 1.82) is 0 Å². The SMILES string of the molecule is C=C(C)C(=O)Cl.C=C(C)C(=O)OCCC(C)(C)OC(=O)C(=C)C.CC(C)(O)CCO.CCN(CC)CC. The van der Waals surface area contributed by atoms with Crippen molar-refractivity contribution in [3.05, 3.63) is 36.5 Å². The van der Waals surface area contributed by atoms with Gasteiger partial charge in [0.05, 0.1) is 12.2 Å². The molecule has 0 spiro atoms. The number of aliphatic hydroxyl groups excluding tert-OH is 1. The van der Waals surface area contributed by atoms with Crippen LogP contribution >= 0.6 is 11.6 Å². The highest BCUT2D eigenvalue weighted by atomic mass is 35.5.